The molecular formula is C13H16FN5. The fraction of sp³-hybridized carbons (Fsp3) is 0.231. The molecule has 0 fully saturated rings. The molecule has 1 aromatic heterocycles. The lowest BCUT2D eigenvalue weighted by Gasteiger charge is -2.17. The minimum Gasteiger partial charge on any atom is -0.358 e. The second-order valence-electron chi connectivity index (χ2n) is 4.10. The topological polar surface area (TPSA) is 67.1 Å². The number of nitrogens with zero attached hydrogens (tertiary/aromatic N) is 3. The van der Waals surface area contributed by atoms with Crippen LogP contribution in [-0.2, 0) is 0 Å². The smallest absolute Gasteiger partial charge is 0.135 e. The van der Waals surface area contributed by atoms with Gasteiger partial charge in [-0.25, -0.2) is 14.4 Å². The highest BCUT2D eigenvalue weighted by atomic mass is 19.1. The van der Waals surface area contributed by atoms with Gasteiger partial charge in [0.25, 0.3) is 0 Å². The molecule has 1 heterocycles. The van der Waals surface area contributed by atoms with Crippen molar-refractivity contribution in [1.82, 2.24) is 9.97 Å². The Kier molecular flexibility index (Phi) is 4.25. The molecule has 0 saturated heterocycles. The normalized spacial score (nSPS) is 10.3. The zero-order chi connectivity index (χ0) is 13.7. The van der Waals surface area contributed by atoms with E-state index in [1.165, 1.54) is 18.5 Å². The van der Waals surface area contributed by atoms with Crippen LogP contribution in [-0.4, -0.2) is 30.1 Å². The third-order valence-electron chi connectivity index (χ3n) is 2.62. The maximum atomic E-state index is 12.8. The highest BCUT2D eigenvalue weighted by Crippen LogP contribution is 2.17. The van der Waals surface area contributed by atoms with Crippen molar-refractivity contribution in [2.24, 2.45) is 5.73 Å². The van der Waals surface area contributed by atoms with E-state index in [2.05, 4.69) is 15.3 Å². The van der Waals surface area contributed by atoms with Crippen LogP contribution >= 0.6 is 0 Å². The summed E-state index contributed by atoms with van der Waals surface area (Å²) in [6.07, 6.45) is 1.48. The standard InChI is InChI=1S/C13H16FN5/c1-19(7-6-15)13-8-12(16-9-17-13)18-11-4-2-10(14)3-5-11/h2-5,8-9H,6-7,15H2,1H3,(H,16,17,18). The summed E-state index contributed by atoms with van der Waals surface area (Å²) in [7, 11) is 1.91. The van der Waals surface area contributed by atoms with E-state index in [1.807, 2.05) is 18.0 Å². The molecule has 0 unspecified atom stereocenters. The number of nitrogens with one attached hydrogen (secondary N) is 1. The molecule has 2 rings (SSSR count). The lowest BCUT2D eigenvalue weighted by Crippen LogP contribution is -2.25. The average Bonchev–Trinajstić information content (AvgIpc) is 2.42. The third kappa shape index (κ3) is 3.62. The average molecular weight is 261 g/mol. The van der Waals surface area contributed by atoms with Gasteiger partial charge in [-0.2, -0.15) is 0 Å². The molecule has 19 heavy (non-hydrogen) atoms. The van der Waals surface area contributed by atoms with Crippen molar-refractivity contribution in [2.45, 2.75) is 0 Å². The van der Waals surface area contributed by atoms with Gasteiger partial charge in [-0.3, -0.25) is 0 Å². The number of aromatic nitrogens is 2. The molecule has 0 aliphatic heterocycles. The summed E-state index contributed by atoms with van der Waals surface area (Å²) in [5, 5.41) is 3.09. The number of nitrogens with two attached hydrogens (primary N) is 1. The molecule has 1 aromatic carbocycles. The highest BCUT2D eigenvalue weighted by molar-refractivity contribution is 5.58. The summed E-state index contributed by atoms with van der Waals surface area (Å²) in [6, 6.07) is 7.91. The van der Waals surface area contributed by atoms with E-state index in [-0.39, 0.29) is 5.82 Å². The molecular weight excluding hydrogens is 245 g/mol. The SMILES string of the molecule is CN(CCN)c1cc(Nc2ccc(F)cc2)ncn1. The molecule has 5 nitrogen and oxygen atoms in total. The third-order valence-corrected chi connectivity index (χ3v) is 2.62. The molecule has 3 N–H and O–H groups in total. The van der Waals surface area contributed by atoms with E-state index in [4.69, 9.17) is 5.73 Å². The van der Waals surface area contributed by atoms with Crippen LogP contribution < -0.4 is 16.0 Å². The number of hydrogen-bond donors (Lipinski definition) is 2. The van der Waals surface area contributed by atoms with Crippen LogP contribution in [0.2, 0.25) is 0 Å². The lowest BCUT2D eigenvalue weighted by molar-refractivity contribution is 0.628. The predicted molar refractivity (Wildman–Crippen MR) is 74.0 cm³/mol. The number of hydrogen-bond acceptors (Lipinski definition) is 5. The second-order valence-corrected chi connectivity index (χ2v) is 4.10. The Morgan fingerprint density at radius 1 is 1.26 bits per heavy atom. The van der Waals surface area contributed by atoms with Crippen LogP contribution in [0.4, 0.5) is 21.7 Å². The van der Waals surface area contributed by atoms with Gasteiger partial charge in [-0.15, -0.1) is 0 Å². The summed E-state index contributed by atoms with van der Waals surface area (Å²) in [4.78, 5) is 10.2. The summed E-state index contributed by atoms with van der Waals surface area (Å²) < 4.78 is 12.8. The molecule has 0 radical (unpaired) electrons. The van der Waals surface area contributed by atoms with E-state index >= 15 is 0 Å². The van der Waals surface area contributed by atoms with E-state index in [0.29, 0.717) is 18.9 Å². The number of benzene rings is 1. The van der Waals surface area contributed by atoms with Crippen molar-refractivity contribution in [2.75, 3.05) is 30.4 Å². The van der Waals surface area contributed by atoms with E-state index in [0.717, 1.165) is 11.5 Å². The van der Waals surface area contributed by atoms with Gasteiger partial charge in [-0.05, 0) is 24.3 Å². The van der Waals surface area contributed by atoms with Crippen LogP contribution in [0.25, 0.3) is 0 Å². The maximum Gasteiger partial charge on any atom is 0.135 e. The van der Waals surface area contributed by atoms with Crippen molar-refractivity contribution in [3.05, 3.63) is 42.5 Å². The Hall–Kier alpha value is -2.21. The largest absolute Gasteiger partial charge is 0.358 e. The minimum atomic E-state index is -0.267. The van der Waals surface area contributed by atoms with Crippen LogP contribution in [0.1, 0.15) is 0 Å². The number of rotatable bonds is 5. The molecule has 0 spiro atoms. The van der Waals surface area contributed by atoms with E-state index in [1.54, 1.807) is 12.1 Å². The van der Waals surface area contributed by atoms with Crippen molar-refractivity contribution in [3.8, 4) is 0 Å². The fourth-order valence-corrected chi connectivity index (χ4v) is 1.61. The Bertz CT molecular complexity index is 529. The van der Waals surface area contributed by atoms with Crippen LogP contribution in [0.3, 0.4) is 0 Å². The Balaban J connectivity index is 2.12. The first-order valence-electron chi connectivity index (χ1n) is 5.95. The molecule has 100 valence electrons. The monoisotopic (exact) mass is 261 g/mol. The number of halogens is 1. The van der Waals surface area contributed by atoms with Crippen molar-refractivity contribution in [3.63, 3.8) is 0 Å². The molecule has 0 amide bonds. The summed E-state index contributed by atoms with van der Waals surface area (Å²) >= 11 is 0. The van der Waals surface area contributed by atoms with Crippen LogP contribution in [0.5, 0.6) is 0 Å². The van der Waals surface area contributed by atoms with Crippen molar-refractivity contribution < 1.29 is 4.39 Å². The molecule has 0 bridgehead atoms. The zero-order valence-electron chi connectivity index (χ0n) is 10.7. The van der Waals surface area contributed by atoms with Crippen molar-refractivity contribution >= 4 is 17.3 Å². The first-order chi connectivity index (χ1) is 9.19. The van der Waals surface area contributed by atoms with E-state index < -0.39 is 0 Å². The highest BCUT2D eigenvalue weighted by Gasteiger charge is 2.04. The van der Waals surface area contributed by atoms with Gasteiger partial charge in [-0.1, -0.05) is 0 Å². The van der Waals surface area contributed by atoms with Gasteiger partial charge in [0.15, 0.2) is 0 Å². The van der Waals surface area contributed by atoms with Crippen LogP contribution in [0, 0.1) is 5.82 Å². The summed E-state index contributed by atoms with van der Waals surface area (Å²) in [6.45, 7) is 1.27. The van der Waals surface area contributed by atoms with E-state index in [9.17, 15) is 4.39 Å². The van der Waals surface area contributed by atoms with Gasteiger partial charge < -0.3 is 16.0 Å². The Morgan fingerprint density at radius 2 is 2.00 bits per heavy atom. The quantitative estimate of drug-likeness (QED) is 0.858. The first kappa shape index (κ1) is 13.2. The van der Waals surface area contributed by atoms with Gasteiger partial charge >= 0.3 is 0 Å². The maximum absolute atomic E-state index is 12.8. The Labute approximate surface area is 111 Å². The second kappa shape index (κ2) is 6.10. The van der Waals surface area contributed by atoms with Gasteiger partial charge in [0, 0.05) is 31.9 Å². The Morgan fingerprint density at radius 3 is 2.68 bits per heavy atom. The first-order valence-corrected chi connectivity index (χ1v) is 5.95. The number of anilines is 3. The molecule has 0 saturated carbocycles. The van der Waals surface area contributed by atoms with Gasteiger partial charge in [0.2, 0.25) is 0 Å². The number of likely N-dealkylation sites (N-methyl/N-ethyl adjacent to an activating group) is 1. The zero-order valence-corrected chi connectivity index (χ0v) is 10.7. The summed E-state index contributed by atoms with van der Waals surface area (Å²) in [5.41, 5.74) is 6.28. The fourth-order valence-electron chi connectivity index (χ4n) is 1.61. The van der Waals surface area contributed by atoms with Gasteiger partial charge in [0.1, 0.15) is 23.8 Å². The molecule has 0 aliphatic rings. The molecule has 0 aliphatic carbocycles. The summed E-state index contributed by atoms with van der Waals surface area (Å²) in [5.74, 6) is 1.17. The minimum absolute atomic E-state index is 0.267. The molecule has 0 atom stereocenters. The van der Waals surface area contributed by atoms with Crippen LogP contribution in [0.15, 0.2) is 36.7 Å². The molecule has 6 heteroatoms. The predicted octanol–water partition coefficient (Wildman–Crippen LogP) is 1.75. The van der Waals surface area contributed by atoms with Crippen molar-refractivity contribution in [1.29, 1.82) is 0 Å². The molecule has 2 aromatic rings. The van der Waals surface area contributed by atoms with Gasteiger partial charge in [0.05, 0.1) is 0 Å². The lowest BCUT2D eigenvalue weighted by atomic mass is 10.3.